The van der Waals surface area contributed by atoms with Crippen LogP contribution in [0.25, 0.3) is 16.9 Å². The van der Waals surface area contributed by atoms with Crippen LogP contribution >= 0.6 is 0 Å². The van der Waals surface area contributed by atoms with E-state index in [0.29, 0.717) is 6.54 Å². The van der Waals surface area contributed by atoms with Gasteiger partial charge in [-0.15, -0.1) is 5.10 Å². The molecule has 0 radical (unpaired) electrons. The molecule has 1 aromatic heterocycles. The van der Waals surface area contributed by atoms with Gasteiger partial charge in [0, 0.05) is 12.1 Å². The van der Waals surface area contributed by atoms with E-state index < -0.39 is 0 Å². The third-order valence-corrected chi connectivity index (χ3v) is 4.08. The molecule has 0 aliphatic carbocycles. The van der Waals surface area contributed by atoms with Gasteiger partial charge in [-0.1, -0.05) is 29.5 Å². The van der Waals surface area contributed by atoms with Gasteiger partial charge in [0.2, 0.25) is 0 Å². The quantitative estimate of drug-likeness (QED) is 0.804. The number of benzene rings is 2. The summed E-state index contributed by atoms with van der Waals surface area (Å²) in [6, 6.07) is 14.0. The van der Waals surface area contributed by atoms with Gasteiger partial charge in [-0.3, -0.25) is 0 Å². The highest BCUT2D eigenvalue weighted by Gasteiger charge is 2.17. The third kappa shape index (κ3) is 2.71. The van der Waals surface area contributed by atoms with E-state index in [1.54, 1.807) is 7.11 Å². The van der Waals surface area contributed by atoms with Crippen molar-refractivity contribution >= 4 is 0 Å². The Morgan fingerprint density at radius 1 is 1.13 bits per heavy atom. The zero-order valence-corrected chi connectivity index (χ0v) is 13.6. The first-order valence-electron chi connectivity index (χ1n) is 7.51. The second-order valence-corrected chi connectivity index (χ2v) is 5.45. The number of aryl methyl sites for hydroxylation is 1. The van der Waals surface area contributed by atoms with E-state index in [2.05, 4.69) is 30.2 Å². The molecule has 2 N–H and O–H groups in total. The average Bonchev–Trinajstić information content (AvgIpc) is 3.01. The van der Waals surface area contributed by atoms with Gasteiger partial charge in [0.25, 0.3) is 0 Å². The fourth-order valence-corrected chi connectivity index (χ4v) is 2.64. The summed E-state index contributed by atoms with van der Waals surface area (Å²) in [7, 11) is 1.66. The van der Waals surface area contributed by atoms with E-state index in [9.17, 15) is 0 Å². The molecule has 5 heteroatoms. The van der Waals surface area contributed by atoms with E-state index in [-0.39, 0.29) is 0 Å². The molecule has 0 amide bonds. The van der Waals surface area contributed by atoms with Crippen LogP contribution in [0.1, 0.15) is 16.8 Å². The molecular weight excluding hydrogens is 288 g/mol. The Hall–Kier alpha value is -2.66. The molecular formula is C18H20N4O. The second kappa shape index (κ2) is 6.22. The monoisotopic (exact) mass is 308 g/mol. The number of nitrogens with two attached hydrogens (primary N) is 1. The molecule has 3 rings (SSSR count). The molecule has 0 spiro atoms. The van der Waals surface area contributed by atoms with Gasteiger partial charge >= 0.3 is 0 Å². The first-order chi connectivity index (χ1) is 11.2. The lowest BCUT2D eigenvalue weighted by Crippen LogP contribution is -2.05. The second-order valence-electron chi connectivity index (χ2n) is 5.45. The Bertz CT molecular complexity index is 839. The molecule has 118 valence electrons. The van der Waals surface area contributed by atoms with Crippen molar-refractivity contribution < 1.29 is 4.74 Å². The van der Waals surface area contributed by atoms with Crippen molar-refractivity contribution in [1.29, 1.82) is 0 Å². The molecule has 0 saturated heterocycles. The summed E-state index contributed by atoms with van der Waals surface area (Å²) in [5, 5.41) is 8.60. The van der Waals surface area contributed by atoms with Crippen LogP contribution in [-0.4, -0.2) is 22.1 Å². The maximum absolute atomic E-state index is 5.87. The number of aromatic nitrogens is 3. The van der Waals surface area contributed by atoms with Crippen molar-refractivity contribution in [2.45, 2.75) is 20.4 Å². The molecule has 0 fully saturated rings. The predicted molar refractivity (Wildman–Crippen MR) is 90.7 cm³/mol. The number of hydrogen-bond acceptors (Lipinski definition) is 4. The number of nitrogens with zero attached hydrogens (tertiary/aromatic N) is 3. The lowest BCUT2D eigenvalue weighted by Gasteiger charge is -2.12. The minimum absolute atomic E-state index is 0.331. The predicted octanol–water partition coefficient (Wildman–Crippen LogP) is 3.02. The van der Waals surface area contributed by atoms with Gasteiger partial charge in [-0.25, -0.2) is 4.68 Å². The average molecular weight is 308 g/mol. The van der Waals surface area contributed by atoms with Crippen LogP contribution in [0.2, 0.25) is 0 Å². The summed E-state index contributed by atoms with van der Waals surface area (Å²) < 4.78 is 7.19. The van der Waals surface area contributed by atoms with Crippen LogP contribution < -0.4 is 10.5 Å². The normalized spacial score (nSPS) is 10.8. The van der Waals surface area contributed by atoms with Crippen molar-refractivity contribution in [3.05, 3.63) is 59.3 Å². The summed E-state index contributed by atoms with van der Waals surface area (Å²) in [6.45, 7) is 4.51. The van der Waals surface area contributed by atoms with Crippen LogP contribution in [0.5, 0.6) is 5.75 Å². The highest BCUT2D eigenvalue weighted by Crippen LogP contribution is 2.29. The van der Waals surface area contributed by atoms with Gasteiger partial charge in [0.15, 0.2) is 0 Å². The summed E-state index contributed by atoms with van der Waals surface area (Å²) in [5.41, 5.74) is 11.9. The Morgan fingerprint density at radius 3 is 2.65 bits per heavy atom. The maximum Gasteiger partial charge on any atom is 0.119 e. The molecule has 0 aliphatic heterocycles. The van der Waals surface area contributed by atoms with E-state index in [1.807, 2.05) is 41.1 Å². The van der Waals surface area contributed by atoms with Gasteiger partial charge in [0.05, 0.1) is 18.5 Å². The van der Waals surface area contributed by atoms with Crippen molar-refractivity contribution in [2.24, 2.45) is 5.73 Å². The minimum atomic E-state index is 0.331. The van der Waals surface area contributed by atoms with Crippen LogP contribution in [-0.2, 0) is 6.54 Å². The molecule has 1 heterocycles. The first kappa shape index (κ1) is 15.2. The van der Waals surface area contributed by atoms with E-state index >= 15 is 0 Å². The Labute approximate surface area is 135 Å². The van der Waals surface area contributed by atoms with Gasteiger partial charge in [-0.05, 0) is 43.2 Å². The number of ether oxygens (including phenoxy) is 1. The molecule has 0 atom stereocenters. The molecule has 5 nitrogen and oxygen atoms in total. The molecule has 0 unspecified atom stereocenters. The molecule has 2 aromatic carbocycles. The number of rotatable bonds is 4. The first-order valence-corrected chi connectivity index (χ1v) is 7.51. The summed E-state index contributed by atoms with van der Waals surface area (Å²) in [4.78, 5) is 0. The largest absolute Gasteiger partial charge is 0.497 e. The standard InChI is InChI=1S/C18H20N4O/c1-12-6-4-9-17(13(12)2)22-18(16(11-19)20-21-22)14-7-5-8-15(10-14)23-3/h4-10H,11,19H2,1-3H3. The zero-order chi connectivity index (χ0) is 16.4. The van der Waals surface area contributed by atoms with Crippen molar-refractivity contribution in [3.63, 3.8) is 0 Å². The van der Waals surface area contributed by atoms with Gasteiger partial charge in [-0.2, -0.15) is 0 Å². The van der Waals surface area contributed by atoms with Crippen LogP contribution in [0.3, 0.4) is 0 Å². The number of hydrogen-bond donors (Lipinski definition) is 1. The number of methoxy groups -OCH3 is 1. The van der Waals surface area contributed by atoms with Gasteiger partial charge < -0.3 is 10.5 Å². The third-order valence-electron chi connectivity index (χ3n) is 4.08. The lowest BCUT2D eigenvalue weighted by molar-refractivity contribution is 0.415. The molecule has 0 bridgehead atoms. The summed E-state index contributed by atoms with van der Waals surface area (Å²) >= 11 is 0. The zero-order valence-electron chi connectivity index (χ0n) is 13.6. The van der Waals surface area contributed by atoms with E-state index in [0.717, 1.165) is 28.4 Å². The SMILES string of the molecule is COc1cccc(-c2c(CN)nnn2-c2cccc(C)c2C)c1. The lowest BCUT2D eigenvalue weighted by atomic mass is 10.1. The van der Waals surface area contributed by atoms with E-state index in [4.69, 9.17) is 10.5 Å². The fourth-order valence-electron chi connectivity index (χ4n) is 2.64. The highest BCUT2D eigenvalue weighted by atomic mass is 16.5. The molecule has 3 aromatic rings. The van der Waals surface area contributed by atoms with Crippen LogP contribution in [0.15, 0.2) is 42.5 Å². The minimum Gasteiger partial charge on any atom is -0.497 e. The molecule has 0 aliphatic rings. The summed E-state index contributed by atoms with van der Waals surface area (Å²) in [6.07, 6.45) is 0. The topological polar surface area (TPSA) is 66.0 Å². The van der Waals surface area contributed by atoms with Gasteiger partial charge in [0.1, 0.15) is 11.4 Å². The Kier molecular flexibility index (Phi) is 4.12. The maximum atomic E-state index is 5.87. The van der Waals surface area contributed by atoms with E-state index in [1.165, 1.54) is 11.1 Å². The Balaban J connectivity index is 2.24. The summed E-state index contributed by atoms with van der Waals surface area (Å²) in [5.74, 6) is 0.791. The smallest absolute Gasteiger partial charge is 0.119 e. The van der Waals surface area contributed by atoms with Crippen LogP contribution in [0, 0.1) is 13.8 Å². The van der Waals surface area contributed by atoms with Crippen molar-refractivity contribution in [2.75, 3.05) is 7.11 Å². The Morgan fingerprint density at radius 2 is 1.91 bits per heavy atom. The highest BCUT2D eigenvalue weighted by molar-refractivity contribution is 5.66. The van der Waals surface area contributed by atoms with Crippen molar-refractivity contribution in [1.82, 2.24) is 15.0 Å². The van der Waals surface area contributed by atoms with Crippen LogP contribution in [0.4, 0.5) is 0 Å². The van der Waals surface area contributed by atoms with Crippen molar-refractivity contribution in [3.8, 4) is 22.7 Å². The fraction of sp³-hybridized carbons (Fsp3) is 0.222. The molecule has 23 heavy (non-hydrogen) atoms. The molecule has 0 saturated carbocycles.